The SMILES string of the molecule is C=C/C(C)=C(\C(=C)C)C(=O)NC(c1ccccc1)C1(NC)CCCC1. The van der Waals surface area contributed by atoms with Crippen LogP contribution in [0.3, 0.4) is 0 Å². The van der Waals surface area contributed by atoms with E-state index in [1.165, 1.54) is 12.8 Å². The number of carbonyl (C=O) groups is 1. The number of hydrogen-bond acceptors (Lipinski definition) is 2. The van der Waals surface area contributed by atoms with Gasteiger partial charge in [-0.3, -0.25) is 4.79 Å². The molecule has 0 saturated heterocycles. The summed E-state index contributed by atoms with van der Waals surface area (Å²) in [4.78, 5) is 13.1. The van der Waals surface area contributed by atoms with Crippen LogP contribution in [0.1, 0.15) is 51.1 Å². The summed E-state index contributed by atoms with van der Waals surface area (Å²) in [5.74, 6) is -0.0831. The molecule has 3 heteroatoms. The van der Waals surface area contributed by atoms with Crippen LogP contribution >= 0.6 is 0 Å². The van der Waals surface area contributed by atoms with Crippen LogP contribution in [-0.2, 0) is 4.79 Å². The van der Waals surface area contributed by atoms with E-state index >= 15 is 0 Å². The zero-order valence-corrected chi connectivity index (χ0v) is 15.7. The van der Waals surface area contributed by atoms with Gasteiger partial charge in [0.25, 0.3) is 5.91 Å². The molecule has 1 atom stereocenters. The highest BCUT2D eigenvalue weighted by Crippen LogP contribution is 2.40. The Morgan fingerprint density at radius 3 is 2.28 bits per heavy atom. The Morgan fingerprint density at radius 2 is 1.80 bits per heavy atom. The number of hydrogen-bond donors (Lipinski definition) is 2. The van der Waals surface area contributed by atoms with Crippen molar-refractivity contribution >= 4 is 5.91 Å². The van der Waals surface area contributed by atoms with Crippen LogP contribution in [0.5, 0.6) is 0 Å². The molecule has 134 valence electrons. The number of rotatable bonds is 7. The summed E-state index contributed by atoms with van der Waals surface area (Å²) in [6, 6.07) is 10.2. The Hall–Kier alpha value is -2.13. The van der Waals surface area contributed by atoms with E-state index in [-0.39, 0.29) is 17.5 Å². The highest BCUT2D eigenvalue weighted by molar-refractivity contribution is 5.99. The second kappa shape index (κ2) is 8.30. The van der Waals surface area contributed by atoms with Crippen LogP contribution in [0.15, 0.2) is 66.3 Å². The molecule has 0 spiro atoms. The van der Waals surface area contributed by atoms with Crippen LogP contribution in [0.4, 0.5) is 0 Å². The fourth-order valence-corrected chi connectivity index (χ4v) is 3.89. The van der Waals surface area contributed by atoms with E-state index in [0.29, 0.717) is 5.57 Å². The number of benzene rings is 1. The van der Waals surface area contributed by atoms with Crippen molar-refractivity contribution in [2.75, 3.05) is 7.05 Å². The molecule has 1 aliphatic rings. The first kappa shape index (κ1) is 19.2. The van der Waals surface area contributed by atoms with Crippen LogP contribution in [0.2, 0.25) is 0 Å². The van der Waals surface area contributed by atoms with Crippen molar-refractivity contribution < 1.29 is 4.79 Å². The first-order chi connectivity index (χ1) is 11.9. The molecule has 0 aliphatic heterocycles. The van der Waals surface area contributed by atoms with Gasteiger partial charge in [-0.2, -0.15) is 0 Å². The number of carbonyl (C=O) groups excluding carboxylic acids is 1. The van der Waals surface area contributed by atoms with Gasteiger partial charge in [-0.15, -0.1) is 0 Å². The minimum Gasteiger partial charge on any atom is -0.343 e. The predicted molar refractivity (Wildman–Crippen MR) is 105 cm³/mol. The van der Waals surface area contributed by atoms with Crippen molar-refractivity contribution in [1.82, 2.24) is 10.6 Å². The maximum Gasteiger partial charge on any atom is 0.252 e. The Balaban J connectivity index is 2.42. The molecule has 0 heterocycles. The summed E-state index contributed by atoms with van der Waals surface area (Å²) in [5, 5.41) is 6.82. The van der Waals surface area contributed by atoms with Crippen molar-refractivity contribution in [3.63, 3.8) is 0 Å². The van der Waals surface area contributed by atoms with Gasteiger partial charge < -0.3 is 10.6 Å². The molecule has 1 aromatic carbocycles. The highest BCUT2D eigenvalue weighted by atomic mass is 16.1. The monoisotopic (exact) mass is 338 g/mol. The Kier molecular flexibility index (Phi) is 6.38. The van der Waals surface area contributed by atoms with E-state index < -0.39 is 0 Å². The maximum absolute atomic E-state index is 13.1. The third kappa shape index (κ3) is 4.10. The van der Waals surface area contributed by atoms with Crippen molar-refractivity contribution in [2.24, 2.45) is 0 Å². The Bertz CT molecular complexity index is 667. The van der Waals surface area contributed by atoms with E-state index in [1.54, 1.807) is 6.08 Å². The number of nitrogens with one attached hydrogen (secondary N) is 2. The summed E-state index contributed by atoms with van der Waals surface area (Å²) in [6.45, 7) is 11.5. The Labute approximate surface area is 151 Å². The molecule has 0 bridgehead atoms. The molecule has 1 aromatic rings. The van der Waals surface area contributed by atoms with Crippen molar-refractivity contribution in [3.05, 3.63) is 71.8 Å². The van der Waals surface area contributed by atoms with Crippen LogP contribution in [0, 0.1) is 0 Å². The van der Waals surface area contributed by atoms with E-state index in [0.717, 1.165) is 29.6 Å². The molecule has 1 aliphatic carbocycles. The first-order valence-corrected chi connectivity index (χ1v) is 8.99. The molecular formula is C22H30N2O. The lowest BCUT2D eigenvalue weighted by Crippen LogP contribution is -2.52. The van der Waals surface area contributed by atoms with Gasteiger partial charge in [0.05, 0.1) is 6.04 Å². The molecule has 1 fully saturated rings. The fourth-order valence-electron chi connectivity index (χ4n) is 3.89. The van der Waals surface area contributed by atoms with Gasteiger partial charge in [0.2, 0.25) is 0 Å². The first-order valence-electron chi connectivity index (χ1n) is 8.99. The second-order valence-electron chi connectivity index (χ2n) is 6.97. The smallest absolute Gasteiger partial charge is 0.252 e. The normalized spacial score (nSPS) is 18.2. The minimum atomic E-state index is -0.112. The lowest BCUT2D eigenvalue weighted by molar-refractivity contribution is -0.118. The van der Waals surface area contributed by atoms with Gasteiger partial charge in [-0.05, 0) is 50.4 Å². The molecule has 1 amide bonds. The van der Waals surface area contributed by atoms with Crippen molar-refractivity contribution in [3.8, 4) is 0 Å². The molecule has 25 heavy (non-hydrogen) atoms. The minimum absolute atomic E-state index is 0.0827. The molecule has 2 N–H and O–H groups in total. The van der Waals surface area contributed by atoms with Gasteiger partial charge in [0.1, 0.15) is 0 Å². The summed E-state index contributed by atoms with van der Waals surface area (Å²) in [5.41, 5.74) is 3.25. The lowest BCUT2D eigenvalue weighted by Gasteiger charge is -2.38. The largest absolute Gasteiger partial charge is 0.343 e. The van der Waals surface area contributed by atoms with Gasteiger partial charge in [-0.1, -0.05) is 62.4 Å². The molecule has 0 radical (unpaired) electrons. The topological polar surface area (TPSA) is 41.1 Å². The van der Waals surface area contributed by atoms with Gasteiger partial charge in [0.15, 0.2) is 0 Å². The fraction of sp³-hybridized carbons (Fsp3) is 0.409. The standard InChI is InChI=1S/C22H30N2O/c1-6-17(4)19(16(2)3)21(25)24-20(18-12-8-7-9-13-18)22(23-5)14-10-11-15-22/h6-9,12-13,20,23H,1-2,10-11,14-15H2,3-5H3,(H,24,25)/b19-17+. The highest BCUT2D eigenvalue weighted by Gasteiger charge is 2.41. The van der Waals surface area contributed by atoms with Gasteiger partial charge in [-0.25, -0.2) is 0 Å². The van der Waals surface area contributed by atoms with E-state index in [4.69, 9.17) is 0 Å². The predicted octanol–water partition coefficient (Wildman–Crippen LogP) is 4.45. The molecular weight excluding hydrogens is 308 g/mol. The zero-order valence-electron chi connectivity index (χ0n) is 15.7. The second-order valence-corrected chi connectivity index (χ2v) is 6.97. The third-order valence-electron chi connectivity index (χ3n) is 5.31. The van der Waals surface area contributed by atoms with Crippen LogP contribution in [0.25, 0.3) is 0 Å². The quantitative estimate of drug-likeness (QED) is 0.569. The lowest BCUT2D eigenvalue weighted by atomic mass is 9.83. The van der Waals surface area contributed by atoms with E-state index in [2.05, 4.69) is 35.9 Å². The number of allylic oxidation sites excluding steroid dienone is 2. The average Bonchev–Trinajstić information content (AvgIpc) is 3.10. The maximum atomic E-state index is 13.1. The Morgan fingerprint density at radius 1 is 1.20 bits per heavy atom. The van der Waals surface area contributed by atoms with Crippen molar-refractivity contribution in [1.29, 1.82) is 0 Å². The summed E-state index contributed by atoms with van der Waals surface area (Å²) in [6.07, 6.45) is 6.17. The molecule has 3 nitrogen and oxygen atoms in total. The molecule has 1 unspecified atom stereocenters. The average molecular weight is 338 g/mol. The van der Waals surface area contributed by atoms with Crippen LogP contribution in [-0.4, -0.2) is 18.5 Å². The zero-order chi connectivity index (χ0) is 18.4. The third-order valence-corrected chi connectivity index (χ3v) is 5.31. The van der Waals surface area contributed by atoms with Gasteiger partial charge >= 0.3 is 0 Å². The molecule has 2 rings (SSSR count). The van der Waals surface area contributed by atoms with Gasteiger partial charge in [0, 0.05) is 11.1 Å². The number of likely N-dealkylation sites (N-methyl/N-ethyl adjacent to an activating group) is 1. The summed E-state index contributed by atoms with van der Waals surface area (Å²) >= 11 is 0. The number of amides is 1. The molecule has 1 saturated carbocycles. The van der Waals surface area contributed by atoms with E-state index in [1.807, 2.05) is 39.1 Å². The van der Waals surface area contributed by atoms with Crippen molar-refractivity contribution in [2.45, 2.75) is 51.1 Å². The van der Waals surface area contributed by atoms with Crippen LogP contribution < -0.4 is 10.6 Å². The summed E-state index contributed by atoms with van der Waals surface area (Å²) in [7, 11) is 2.00. The molecule has 0 aromatic heterocycles. The van der Waals surface area contributed by atoms with E-state index in [9.17, 15) is 4.79 Å². The summed E-state index contributed by atoms with van der Waals surface area (Å²) < 4.78 is 0.